The molecule has 0 radical (unpaired) electrons. The number of amides is 1. The molecular formula is C14H16N4O3. The van der Waals surface area contributed by atoms with Crippen LogP contribution in [0.15, 0.2) is 36.5 Å². The lowest BCUT2D eigenvalue weighted by Gasteiger charge is -2.08. The summed E-state index contributed by atoms with van der Waals surface area (Å²) in [4.78, 5) is 22.6. The van der Waals surface area contributed by atoms with Gasteiger partial charge in [-0.15, -0.1) is 0 Å². The first-order chi connectivity index (χ1) is 10.0. The van der Waals surface area contributed by atoms with E-state index in [1.807, 2.05) is 6.92 Å². The lowest BCUT2D eigenvalue weighted by Crippen LogP contribution is -2.16. The van der Waals surface area contributed by atoms with Gasteiger partial charge in [-0.05, 0) is 24.6 Å². The average Bonchev–Trinajstić information content (AvgIpc) is 2.83. The van der Waals surface area contributed by atoms with Crippen LogP contribution in [0.2, 0.25) is 0 Å². The summed E-state index contributed by atoms with van der Waals surface area (Å²) in [5.74, 6) is -0.401. The van der Waals surface area contributed by atoms with Crippen LogP contribution < -0.4 is 11.1 Å². The van der Waals surface area contributed by atoms with Crippen LogP contribution in [0.3, 0.4) is 0 Å². The molecule has 7 nitrogen and oxygen atoms in total. The van der Waals surface area contributed by atoms with Crippen LogP contribution in [-0.2, 0) is 6.54 Å². The molecule has 21 heavy (non-hydrogen) atoms. The predicted octanol–water partition coefficient (Wildman–Crippen LogP) is 2.64. The van der Waals surface area contributed by atoms with Gasteiger partial charge >= 0.3 is 0 Å². The Labute approximate surface area is 121 Å². The van der Waals surface area contributed by atoms with Gasteiger partial charge in [-0.2, -0.15) is 0 Å². The van der Waals surface area contributed by atoms with Crippen LogP contribution in [0, 0.1) is 10.1 Å². The number of nitrogen functional groups attached to an aromatic ring is 1. The van der Waals surface area contributed by atoms with Crippen LogP contribution in [0.25, 0.3) is 0 Å². The molecular weight excluding hydrogens is 272 g/mol. The minimum atomic E-state index is -0.510. The van der Waals surface area contributed by atoms with Crippen molar-refractivity contribution in [2.75, 3.05) is 11.1 Å². The van der Waals surface area contributed by atoms with E-state index in [1.165, 1.54) is 12.3 Å². The van der Waals surface area contributed by atoms with Gasteiger partial charge in [0.1, 0.15) is 5.69 Å². The summed E-state index contributed by atoms with van der Waals surface area (Å²) in [6.45, 7) is 2.47. The lowest BCUT2D eigenvalue weighted by molar-refractivity contribution is -0.384. The zero-order valence-electron chi connectivity index (χ0n) is 11.6. The summed E-state index contributed by atoms with van der Waals surface area (Å²) in [6, 6.07) is 8.03. The van der Waals surface area contributed by atoms with Crippen molar-refractivity contribution in [3.63, 3.8) is 0 Å². The quantitative estimate of drug-likeness (QED) is 0.501. The number of carbonyl (C=O) groups is 1. The minimum Gasteiger partial charge on any atom is -0.399 e. The molecule has 1 aromatic carbocycles. The number of anilines is 2. The van der Waals surface area contributed by atoms with E-state index in [4.69, 9.17) is 5.73 Å². The standard InChI is InChI=1S/C14H16N4O3/c1-2-6-17-9-12(18(20)21)8-13(17)14(19)16-11-5-3-4-10(15)7-11/h3-5,7-9H,2,6,15H2,1H3,(H,16,19). The number of nitrogens with two attached hydrogens (primary N) is 1. The Bertz CT molecular complexity index is 679. The lowest BCUT2D eigenvalue weighted by atomic mass is 10.2. The minimum absolute atomic E-state index is 0.0961. The number of aryl methyl sites for hydroxylation is 1. The van der Waals surface area contributed by atoms with Gasteiger partial charge in [0.2, 0.25) is 0 Å². The normalized spacial score (nSPS) is 10.3. The van der Waals surface area contributed by atoms with Gasteiger partial charge in [-0.1, -0.05) is 13.0 Å². The Kier molecular flexibility index (Phi) is 4.22. The van der Waals surface area contributed by atoms with Crippen molar-refractivity contribution in [1.82, 2.24) is 4.57 Å². The van der Waals surface area contributed by atoms with Crippen molar-refractivity contribution in [2.24, 2.45) is 0 Å². The predicted molar refractivity (Wildman–Crippen MR) is 80.2 cm³/mol. The molecule has 1 amide bonds. The molecule has 0 atom stereocenters. The highest BCUT2D eigenvalue weighted by Crippen LogP contribution is 2.19. The molecule has 0 saturated carbocycles. The third kappa shape index (κ3) is 3.38. The number of carbonyl (C=O) groups excluding carboxylic acids is 1. The highest BCUT2D eigenvalue weighted by atomic mass is 16.6. The zero-order chi connectivity index (χ0) is 15.4. The summed E-state index contributed by atoms with van der Waals surface area (Å²) in [7, 11) is 0. The molecule has 110 valence electrons. The van der Waals surface area contributed by atoms with E-state index in [1.54, 1.807) is 28.8 Å². The van der Waals surface area contributed by atoms with Crippen LogP contribution in [0.5, 0.6) is 0 Å². The van der Waals surface area contributed by atoms with Gasteiger partial charge in [-0.3, -0.25) is 14.9 Å². The molecule has 0 unspecified atom stereocenters. The Hall–Kier alpha value is -2.83. The highest BCUT2D eigenvalue weighted by molar-refractivity contribution is 6.03. The third-order valence-corrected chi connectivity index (χ3v) is 2.93. The first kappa shape index (κ1) is 14.6. The van der Waals surface area contributed by atoms with E-state index < -0.39 is 10.8 Å². The Morgan fingerprint density at radius 3 is 2.81 bits per heavy atom. The van der Waals surface area contributed by atoms with Crippen LogP contribution >= 0.6 is 0 Å². The van der Waals surface area contributed by atoms with Crippen molar-refractivity contribution >= 4 is 23.0 Å². The van der Waals surface area contributed by atoms with Gasteiger partial charge < -0.3 is 15.6 Å². The molecule has 0 spiro atoms. The third-order valence-electron chi connectivity index (χ3n) is 2.93. The fourth-order valence-electron chi connectivity index (χ4n) is 2.02. The number of hydrogen-bond donors (Lipinski definition) is 2. The van der Waals surface area contributed by atoms with E-state index in [9.17, 15) is 14.9 Å². The van der Waals surface area contributed by atoms with Crippen molar-refractivity contribution in [2.45, 2.75) is 19.9 Å². The molecule has 2 rings (SSSR count). The molecule has 3 N–H and O–H groups in total. The number of rotatable bonds is 5. The summed E-state index contributed by atoms with van der Waals surface area (Å²) in [6.07, 6.45) is 2.14. The number of aromatic nitrogens is 1. The molecule has 1 heterocycles. The van der Waals surface area contributed by atoms with E-state index in [0.29, 0.717) is 17.9 Å². The molecule has 0 aliphatic heterocycles. The first-order valence-electron chi connectivity index (χ1n) is 6.52. The number of nitro groups is 1. The number of hydrogen-bond acceptors (Lipinski definition) is 4. The summed E-state index contributed by atoms with van der Waals surface area (Å²) >= 11 is 0. The van der Waals surface area contributed by atoms with Crippen LogP contribution in [-0.4, -0.2) is 15.4 Å². The van der Waals surface area contributed by atoms with Gasteiger partial charge in [0.05, 0.1) is 11.1 Å². The molecule has 0 aliphatic carbocycles. The topological polar surface area (TPSA) is 103 Å². The Morgan fingerprint density at radius 2 is 2.19 bits per heavy atom. The Balaban J connectivity index is 2.27. The fraction of sp³-hybridized carbons (Fsp3) is 0.214. The second kappa shape index (κ2) is 6.08. The summed E-state index contributed by atoms with van der Waals surface area (Å²) in [5.41, 5.74) is 6.89. The zero-order valence-corrected chi connectivity index (χ0v) is 11.6. The largest absolute Gasteiger partial charge is 0.399 e. The van der Waals surface area contributed by atoms with Crippen LogP contribution in [0.1, 0.15) is 23.8 Å². The van der Waals surface area contributed by atoms with Gasteiger partial charge in [0.15, 0.2) is 0 Å². The molecule has 0 saturated heterocycles. The van der Waals surface area contributed by atoms with Crippen LogP contribution in [0.4, 0.5) is 17.1 Å². The van der Waals surface area contributed by atoms with Crippen molar-refractivity contribution < 1.29 is 9.72 Å². The van der Waals surface area contributed by atoms with E-state index >= 15 is 0 Å². The monoisotopic (exact) mass is 288 g/mol. The van der Waals surface area contributed by atoms with Gasteiger partial charge in [0.25, 0.3) is 11.6 Å². The smallest absolute Gasteiger partial charge is 0.287 e. The second-order valence-corrected chi connectivity index (χ2v) is 4.61. The maximum Gasteiger partial charge on any atom is 0.287 e. The van der Waals surface area contributed by atoms with E-state index in [0.717, 1.165) is 6.42 Å². The molecule has 0 bridgehead atoms. The molecule has 0 aliphatic rings. The fourth-order valence-corrected chi connectivity index (χ4v) is 2.02. The van der Waals surface area contributed by atoms with E-state index in [-0.39, 0.29) is 11.4 Å². The molecule has 7 heteroatoms. The average molecular weight is 288 g/mol. The first-order valence-corrected chi connectivity index (χ1v) is 6.52. The number of nitrogens with zero attached hydrogens (tertiary/aromatic N) is 2. The van der Waals surface area contributed by atoms with Crippen molar-refractivity contribution in [3.05, 3.63) is 52.3 Å². The molecule has 2 aromatic rings. The Morgan fingerprint density at radius 1 is 1.43 bits per heavy atom. The van der Waals surface area contributed by atoms with Gasteiger partial charge in [0, 0.05) is 24.0 Å². The number of benzene rings is 1. The van der Waals surface area contributed by atoms with Crippen molar-refractivity contribution in [3.8, 4) is 0 Å². The molecule has 0 fully saturated rings. The van der Waals surface area contributed by atoms with Crippen molar-refractivity contribution in [1.29, 1.82) is 0 Å². The second-order valence-electron chi connectivity index (χ2n) is 4.61. The molecule has 1 aromatic heterocycles. The van der Waals surface area contributed by atoms with Gasteiger partial charge in [-0.25, -0.2) is 0 Å². The van der Waals surface area contributed by atoms with E-state index in [2.05, 4.69) is 5.32 Å². The summed E-state index contributed by atoms with van der Waals surface area (Å²) in [5, 5.41) is 13.5. The maximum absolute atomic E-state index is 12.3. The highest BCUT2D eigenvalue weighted by Gasteiger charge is 2.19. The maximum atomic E-state index is 12.3. The SMILES string of the molecule is CCCn1cc([N+](=O)[O-])cc1C(=O)Nc1cccc(N)c1. The summed E-state index contributed by atoms with van der Waals surface area (Å²) < 4.78 is 1.58. The number of nitrogens with one attached hydrogen (secondary N) is 1.